The van der Waals surface area contributed by atoms with E-state index in [9.17, 15) is 34.8 Å². The predicted octanol–water partition coefficient (Wildman–Crippen LogP) is 6.55. The zero-order chi connectivity index (χ0) is 44.0. The van der Waals surface area contributed by atoms with Crippen LogP contribution in [-0.4, -0.2) is 97.5 Å². The maximum Gasteiger partial charge on any atom is 0.312 e. The van der Waals surface area contributed by atoms with Gasteiger partial charge in [0.1, 0.15) is 28.8 Å². The molecule has 2 aliphatic heterocycles. The van der Waals surface area contributed by atoms with E-state index in [-0.39, 0.29) is 67.8 Å². The standard InChI is InChI=1S/C44H60N4O11/c1-19(2)48(20(3)4)43-46-32-29-30-37(52)26(10)40-31(29)41(54)44(12,59-40)57-18-17-28(56-13)23(7)39(58-27(11)49)25(9)36(51)24(8)35(50)21(5)15-14-16-22(6)42(55)45-34(38(30)53)33(32)47-43/h14-21,23-25,28,35-36,39,50-53H,1-13H3,(H,45,55)(H,46,47)/b15-14+,18-17+,22-16-/t21-,23+,24+,25+,28-,35-,36+,39+,44-/m0/s1. The van der Waals surface area contributed by atoms with Crippen molar-refractivity contribution < 1.29 is 53.8 Å². The molecule has 5 rings (SSSR count). The fraction of sp³-hybridized carbons (Fsp3) is 0.545. The maximum absolute atomic E-state index is 14.6. The van der Waals surface area contributed by atoms with Gasteiger partial charge in [-0.3, -0.25) is 14.4 Å². The highest BCUT2D eigenvalue weighted by molar-refractivity contribution is 6.28. The van der Waals surface area contributed by atoms with Crippen LogP contribution < -0.4 is 15.0 Å². The molecule has 2 aromatic carbocycles. The molecule has 322 valence electrons. The molecule has 1 aromatic heterocycles. The first kappa shape index (κ1) is 45.0. The lowest BCUT2D eigenvalue weighted by atomic mass is 9.78. The predicted molar refractivity (Wildman–Crippen MR) is 225 cm³/mol. The number of aliphatic hydroxyl groups is 2. The van der Waals surface area contributed by atoms with Crippen molar-refractivity contribution in [3.05, 3.63) is 47.3 Å². The number of H-pyrrole nitrogens is 1. The number of hydrogen-bond acceptors (Lipinski definition) is 13. The number of methoxy groups -OCH3 is 1. The third-order valence-electron chi connectivity index (χ3n) is 11.8. The molecule has 15 nitrogen and oxygen atoms in total. The van der Waals surface area contributed by atoms with Gasteiger partial charge in [0.25, 0.3) is 11.7 Å². The second-order valence-corrected chi connectivity index (χ2v) is 16.7. The van der Waals surface area contributed by atoms with Crippen LogP contribution in [0.4, 0.5) is 11.6 Å². The van der Waals surface area contributed by atoms with Crippen molar-refractivity contribution in [2.45, 2.75) is 125 Å². The number of nitrogens with one attached hydrogen (secondary N) is 2. The molecule has 0 radical (unpaired) electrons. The Labute approximate surface area is 345 Å². The number of fused-ring (bicyclic) bond motifs is 1. The molecule has 4 bridgehead atoms. The summed E-state index contributed by atoms with van der Waals surface area (Å²) in [5.74, 6) is -6.61. The number of imidazole rings is 1. The van der Waals surface area contributed by atoms with Gasteiger partial charge in [0.15, 0.2) is 5.75 Å². The van der Waals surface area contributed by atoms with Crippen molar-refractivity contribution >= 4 is 51.1 Å². The SMILES string of the molecule is CO[C@H]1/C=C/O[C@@]2(C)Oc3c(C)c(O)c4c(O)c(c5[nH]c(N(C(C)C)C(C)C)nc5c4c3C2=O)NC(=O)/C(C)=C\C=C\[C@H](C)[C@H](O)[C@@H](C)[C@@H](O)[C@@H](C)[C@H](OC(C)=O)[C@@H]1C. The van der Waals surface area contributed by atoms with Gasteiger partial charge in [0.05, 0.1) is 41.0 Å². The highest BCUT2D eigenvalue weighted by Crippen LogP contribution is 2.54. The minimum Gasteiger partial charge on any atom is -0.507 e. The molecule has 0 saturated carbocycles. The quantitative estimate of drug-likeness (QED) is 0.119. The molecule has 0 spiro atoms. The number of ether oxygens (including phenoxy) is 4. The van der Waals surface area contributed by atoms with E-state index in [4.69, 9.17) is 23.9 Å². The highest BCUT2D eigenvalue weighted by atomic mass is 16.7. The number of amides is 1. The average Bonchev–Trinajstić information content (AvgIpc) is 3.71. The second kappa shape index (κ2) is 17.2. The molecule has 0 fully saturated rings. The van der Waals surface area contributed by atoms with Crippen LogP contribution in [0.1, 0.15) is 92.1 Å². The lowest BCUT2D eigenvalue weighted by Gasteiger charge is -2.38. The Morgan fingerprint density at radius 3 is 2.19 bits per heavy atom. The number of nitrogens with zero attached hydrogens (tertiary/aromatic N) is 2. The Morgan fingerprint density at radius 2 is 1.59 bits per heavy atom. The van der Waals surface area contributed by atoms with Gasteiger partial charge >= 0.3 is 11.8 Å². The Bertz CT molecular complexity index is 2200. The average molecular weight is 821 g/mol. The molecule has 1 amide bonds. The van der Waals surface area contributed by atoms with Gasteiger partial charge in [-0.25, -0.2) is 4.98 Å². The number of hydrogen-bond donors (Lipinski definition) is 6. The number of rotatable bonds is 5. The number of aromatic amines is 1. The summed E-state index contributed by atoms with van der Waals surface area (Å²) < 4.78 is 23.9. The third kappa shape index (κ3) is 8.24. The number of anilines is 2. The zero-order valence-electron chi connectivity index (χ0n) is 36.2. The van der Waals surface area contributed by atoms with Crippen molar-refractivity contribution in [1.29, 1.82) is 0 Å². The van der Waals surface area contributed by atoms with Gasteiger partial charge in [0.2, 0.25) is 5.95 Å². The fourth-order valence-corrected chi connectivity index (χ4v) is 8.41. The minimum absolute atomic E-state index is 0.0126. The maximum atomic E-state index is 14.6. The van der Waals surface area contributed by atoms with E-state index in [1.54, 1.807) is 52.8 Å². The van der Waals surface area contributed by atoms with Gasteiger partial charge in [-0.1, -0.05) is 45.9 Å². The van der Waals surface area contributed by atoms with Crippen LogP contribution in [0, 0.1) is 30.6 Å². The highest BCUT2D eigenvalue weighted by Gasteiger charge is 2.50. The number of benzene rings is 2. The van der Waals surface area contributed by atoms with E-state index in [1.807, 2.05) is 32.6 Å². The monoisotopic (exact) mass is 820 g/mol. The molecule has 15 heteroatoms. The lowest BCUT2D eigenvalue weighted by molar-refractivity contribution is -0.160. The number of allylic oxidation sites excluding steroid dienone is 2. The Morgan fingerprint density at radius 1 is 0.949 bits per heavy atom. The number of Topliss-reactive ketones (excluding diaryl/α,β-unsaturated/α-hetero) is 1. The Kier molecular flexibility index (Phi) is 13.1. The van der Waals surface area contributed by atoms with E-state index in [1.165, 1.54) is 40.2 Å². The summed E-state index contributed by atoms with van der Waals surface area (Å²) in [6.07, 6.45) is 3.88. The summed E-state index contributed by atoms with van der Waals surface area (Å²) in [6.45, 7) is 20.8. The van der Waals surface area contributed by atoms with Gasteiger partial charge in [-0.2, -0.15) is 0 Å². The van der Waals surface area contributed by atoms with Crippen LogP contribution in [0.2, 0.25) is 0 Å². The summed E-state index contributed by atoms with van der Waals surface area (Å²) in [4.78, 5) is 51.1. The summed E-state index contributed by atoms with van der Waals surface area (Å²) in [6, 6.07) is -0.0774. The molecule has 6 N–H and O–H groups in total. The number of aliphatic hydroxyl groups excluding tert-OH is 2. The number of carbonyl (C=O) groups excluding carboxylic acids is 3. The largest absolute Gasteiger partial charge is 0.507 e. The molecule has 59 heavy (non-hydrogen) atoms. The summed E-state index contributed by atoms with van der Waals surface area (Å²) >= 11 is 0. The zero-order valence-corrected chi connectivity index (χ0v) is 36.2. The topological polar surface area (TPSA) is 213 Å². The van der Waals surface area contributed by atoms with Crippen LogP contribution in [0.15, 0.2) is 36.1 Å². The molecule has 3 aromatic rings. The van der Waals surface area contributed by atoms with Crippen LogP contribution in [0.5, 0.6) is 17.2 Å². The minimum atomic E-state index is -1.97. The van der Waals surface area contributed by atoms with Gasteiger partial charge < -0.3 is 54.6 Å². The van der Waals surface area contributed by atoms with Crippen molar-refractivity contribution in [3.8, 4) is 17.2 Å². The number of phenols is 2. The van der Waals surface area contributed by atoms with Gasteiger partial charge in [-0.15, -0.1) is 0 Å². The van der Waals surface area contributed by atoms with Crippen molar-refractivity contribution in [1.82, 2.24) is 9.97 Å². The third-order valence-corrected chi connectivity index (χ3v) is 11.8. The molecule has 9 atom stereocenters. The van der Waals surface area contributed by atoms with E-state index < -0.39 is 77.3 Å². The van der Waals surface area contributed by atoms with Crippen LogP contribution in [-0.2, 0) is 23.8 Å². The first-order chi connectivity index (χ1) is 27.6. The second-order valence-electron chi connectivity index (χ2n) is 16.7. The Balaban J connectivity index is 1.77. The molecule has 0 unspecified atom stereocenters. The van der Waals surface area contributed by atoms with E-state index in [0.29, 0.717) is 5.95 Å². The first-order valence-electron chi connectivity index (χ1n) is 20.1. The molecule has 0 saturated heterocycles. The summed E-state index contributed by atoms with van der Waals surface area (Å²) in [5, 5.41) is 49.5. The molecule has 3 heterocycles. The van der Waals surface area contributed by atoms with Crippen molar-refractivity contribution in [3.63, 3.8) is 0 Å². The number of carbonyl (C=O) groups is 3. The number of aromatic nitrogens is 2. The number of phenolic OH excluding ortho intramolecular Hbond substituents is 2. The smallest absolute Gasteiger partial charge is 0.312 e. The molecular weight excluding hydrogens is 761 g/mol. The summed E-state index contributed by atoms with van der Waals surface area (Å²) in [7, 11) is 1.46. The van der Waals surface area contributed by atoms with E-state index in [0.717, 1.165) is 0 Å². The molecule has 2 aliphatic rings. The van der Waals surface area contributed by atoms with E-state index >= 15 is 0 Å². The fourth-order valence-electron chi connectivity index (χ4n) is 8.41. The normalized spacial score (nSPS) is 30.3. The number of ketones is 1. The molecule has 0 aliphatic carbocycles. The van der Waals surface area contributed by atoms with Crippen LogP contribution in [0.3, 0.4) is 0 Å². The lowest BCUT2D eigenvalue weighted by Crippen LogP contribution is -2.46. The summed E-state index contributed by atoms with van der Waals surface area (Å²) in [5.41, 5.74) is 0.717. The Hall–Kier alpha value is -5.12. The molecular formula is C44H60N4O11. The van der Waals surface area contributed by atoms with E-state index in [2.05, 4.69) is 10.3 Å². The van der Waals surface area contributed by atoms with Crippen LogP contribution in [0.25, 0.3) is 21.8 Å². The number of aromatic hydroxyl groups is 2. The van der Waals surface area contributed by atoms with Gasteiger partial charge in [-0.05, 0) is 47.6 Å². The van der Waals surface area contributed by atoms with Crippen molar-refractivity contribution in [2.24, 2.45) is 23.7 Å². The first-order valence-corrected chi connectivity index (χ1v) is 20.1. The van der Waals surface area contributed by atoms with Gasteiger partial charge in [0, 0.05) is 73.2 Å². The van der Waals surface area contributed by atoms with Crippen LogP contribution >= 0.6 is 0 Å². The number of esters is 1. The van der Waals surface area contributed by atoms with Crippen molar-refractivity contribution in [2.75, 3.05) is 17.3 Å².